The fourth-order valence-corrected chi connectivity index (χ4v) is 1.73. The van der Waals surface area contributed by atoms with E-state index in [0.717, 1.165) is 17.7 Å². The van der Waals surface area contributed by atoms with Gasteiger partial charge in [0.1, 0.15) is 11.4 Å². The van der Waals surface area contributed by atoms with Gasteiger partial charge in [-0.25, -0.2) is 0 Å². The molecule has 0 atom stereocenters. The molecule has 0 saturated heterocycles. The minimum absolute atomic E-state index is 0.0641. The number of ketones is 1. The van der Waals surface area contributed by atoms with Crippen molar-refractivity contribution in [2.24, 2.45) is 0 Å². The minimum Gasteiger partial charge on any atom is -0.494 e. The monoisotopic (exact) mass is 255 g/mol. The number of aryl methyl sites for hydroxylation is 1. The zero-order valence-electron chi connectivity index (χ0n) is 11.2. The Bertz CT molecular complexity index is 561. The van der Waals surface area contributed by atoms with E-state index in [1.165, 1.54) is 0 Å². The van der Waals surface area contributed by atoms with Gasteiger partial charge in [-0.2, -0.15) is 0 Å². The molecule has 1 aromatic heterocycles. The molecule has 2 aromatic rings. The van der Waals surface area contributed by atoms with Gasteiger partial charge in [-0.1, -0.05) is 6.92 Å². The van der Waals surface area contributed by atoms with Crippen molar-refractivity contribution in [3.8, 4) is 5.75 Å². The van der Waals surface area contributed by atoms with Gasteiger partial charge in [0.15, 0.2) is 0 Å². The maximum atomic E-state index is 12.2. The Balaban J connectivity index is 2.15. The van der Waals surface area contributed by atoms with E-state index in [4.69, 9.17) is 4.74 Å². The molecule has 0 N–H and O–H groups in total. The summed E-state index contributed by atoms with van der Waals surface area (Å²) < 4.78 is 5.49. The number of ether oxygens (including phenoxy) is 1. The summed E-state index contributed by atoms with van der Waals surface area (Å²) in [5.41, 5.74) is 2.13. The lowest BCUT2D eigenvalue weighted by Crippen LogP contribution is -2.04. The minimum atomic E-state index is -0.0641. The van der Waals surface area contributed by atoms with Crippen LogP contribution in [0.3, 0.4) is 0 Å². The normalized spacial score (nSPS) is 10.2. The summed E-state index contributed by atoms with van der Waals surface area (Å²) in [6, 6.07) is 10.9. The molecule has 0 unspecified atom stereocenters. The first-order valence-electron chi connectivity index (χ1n) is 6.41. The highest BCUT2D eigenvalue weighted by Gasteiger charge is 2.10. The molecule has 1 aromatic carbocycles. The van der Waals surface area contributed by atoms with E-state index >= 15 is 0 Å². The fourth-order valence-electron chi connectivity index (χ4n) is 1.73. The Kier molecular flexibility index (Phi) is 4.29. The van der Waals surface area contributed by atoms with Gasteiger partial charge in [-0.15, -0.1) is 0 Å². The highest BCUT2D eigenvalue weighted by atomic mass is 16.5. The number of hydrogen-bond acceptors (Lipinski definition) is 3. The Morgan fingerprint density at radius 2 is 1.95 bits per heavy atom. The second kappa shape index (κ2) is 6.14. The summed E-state index contributed by atoms with van der Waals surface area (Å²) in [6.45, 7) is 4.69. The van der Waals surface area contributed by atoms with Crippen LogP contribution < -0.4 is 4.74 Å². The number of carbonyl (C=O) groups is 1. The third-order valence-corrected chi connectivity index (χ3v) is 2.74. The van der Waals surface area contributed by atoms with Crippen molar-refractivity contribution >= 4 is 5.78 Å². The number of benzene rings is 1. The zero-order valence-corrected chi connectivity index (χ0v) is 11.2. The quantitative estimate of drug-likeness (QED) is 0.768. The number of nitrogens with zero attached hydrogens (tertiary/aromatic N) is 1. The number of pyridine rings is 1. The first-order valence-corrected chi connectivity index (χ1v) is 6.41. The summed E-state index contributed by atoms with van der Waals surface area (Å²) in [4.78, 5) is 16.3. The van der Waals surface area contributed by atoms with E-state index in [0.29, 0.717) is 17.9 Å². The van der Waals surface area contributed by atoms with Crippen molar-refractivity contribution in [1.82, 2.24) is 4.98 Å². The molecule has 0 bridgehead atoms. The highest BCUT2D eigenvalue weighted by molar-refractivity contribution is 6.07. The largest absolute Gasteiger partial charge is 0.494 e. The third-order valence-electron chi connectivity index (χ3n) is 2.74. The molecule has 2 rings (SSSR count). The Hall–Kier alpha value is -2.16. The van der Waals surface area contributed by atoms with Crippen molar-refractivity contribution < 1.29 is 9.53 Å². The van der Waals surface area contributed by atoms with Crippen LogP contribution in [0.2, 0.25) is 0 Å². The number of aromatic nitrogens is 1. The lowest BCUT2D eigenvalue weighted by Gasteiger charge is -2.05. The van der Waals surface area contributed by atoms with Crippen molar-refractivity contribution in [2.45, 2.75) is 20.3 Å². The van der Waals surface area contributed by atoms with Gasteiger partial charge >= 0.3 is 0 Å². The number of carbonyl (C=O) groups excluding carboxylic acids is 1. The van der Waals surface area contributed by atoms with E-state index < -0.39 is 0 Å². The van der Waals surface area contributed by atoms with Crippen LogP contribution in [0, 0.1) is 6.92 Å². The standard InChI is InChI=1S/C16H17NO2/c1-3-10-19-14-6-4-13(5-7-14)16(18)15-11-12(2)8-9-17-15/h4-9,11H,3,10H2,1-2H3. The molecule has 0 spiro atoms. The predicted molar refractivity (Wildman–Crippen MR) is 74.6 cm³/mol. The fraction of sp³-hybridized carbons (Fsp3) is 0.250. The molecule has 1 heterocycles. The van der Waals surface area contributed by atoms with Crippen LogP contribution in [0.1, 0.15) is 35.0 Å². The van der Waals surface area contributed by atoms with E-state index in [-0.39, 0.29) is 5.78 Å². The maximum Gasteiger partial charge on any atom is 0.211 e. The van der Waals surface area contributed by atoms with Gasteiger partial charge in [-0.3, -0.25) is 9.78 Å². The van der Waals surface area contributed by atoms with E-state index in [1.807, 2.05) is 25.1 Å². The van der Waals surface area contributed by atoms with Crippen LogP contribution in [0.5, 0.6) is 5.75 Å². The molecule has 0 fully saturated rings. The lowest BCUT2D eigenvalue weighted by molar-refractivity contribution is 0.103. The summed E-state index contributed by atoms with van der Waals surface area (Å²) >= 11 is 0. The van der Waals surface area contributed by atoms with Crippen molar-refractivity contribution in [3.63, 3.8) is 0 Å². The van der Waals surface area contributed by atoms with Crippen LogP contribution in [0.15, 0.2) is 42.6 Å². The summed E-state index contributed by atoms with van der Waals surface area (Å²) in [5, 5.41) is 0. The average molecular weight is 255 g/mol. The molecule has 98 valence electrons. The molecule has 3 nitrogen and oxygen atoms in total. The molecule has 3 heteroatoms. The van der Waals surface area contributed by atoms with Crippen LogP contribution in [-0.4, -0.2) is 17.4 Å². The van der Waals surface area contributed by atoms with Crippen molar-refractivity contribution in [3.05, 3.63) is 59.4 Å². The molecular formula is C16H17NO2. The summed E-state index contributed by atoms with van der Waals surface area (Å²) in [7, 11) is 0. The number of rotatable bonds is 5. The van der Waals surface area contributed by atoms with Gasteiger partial charge in [-0.05, 0) is 55.3 Å². The van der Waals surface area contributed by atoms with Crippen LogP contribution in [-0.2, 0) is 0 Å². The Morgan fingerprint density at radius 3 is 2.58 bits per heavy atom. The van der Waals surface area contributed by atoms with Gasteiger partial charge in [0.05, 0.1) is 6.61 Å². The van der Waals surface area contributed by atoms with Gasteiger partial charge < -0.3 is 4.74 Å². The molecule has 0 aliphatic carbocycles. The Morgan fingerprint density at radius 1 is 1.21 bits per heavy atom. The molecule has 0 amide bonds. The van der Waals surface area contributed by atoms with E-state index in [9.17, 15) is 4.79 Å². The van der Waals surface area contributed by atoms with Gasteiger partial charge in [0, 0.05) is 11.8 Å². The molecule has 0 aliphatic rings. The predicted octanol–water partition coefficient (Wildman–Crippen LogP) is 3.41. The average Bonchev–Trinajstić information content (AvgIpc) is 2.45. The first kappa shape index (κ1) is 13.3. The molecule has 0 saturated carbocycles. The van der Waals surface area contributed by atoms with Crippen molar-refractivity contribution in [2.75, 3.05) is 6.61 Å². The van der Waals surface area contributed by atoms with Crippen molar-refractivity contribution in [1.29, 1.82) is 0 Å². The molecule has 0 aliphatic heterocycles. The summed E-state index contributed by atoms with van der Waals surface area (Å²) in [6.07, 6.45) is 2.62. The SMILES string of the molecule is CCCOc1ccc(C(=O)c2cc(C)ccn2)cc1. The first-order chi connectivity index (χ1) is 9.20. The molecule has 0 radical (unpaired) electrons. The third kappa shape index (κ3) is 3.41. The summed E-state index contributed by atoms with van der Waals surface area (Å²) in [5.74, 6) is 0.723. The van der Waals surface area contributed by atoms with Crippen LogP contribution in [0.25, 0.3) is 0 Å². The Labute approximate surface area is 113 Å². The van der Waals surface area contributed by atoms with Gasteiger partial charge in [0.25, 0.3) is 0 Å². The topological polar surface area (TPSA) is 39.2 Å². The van der Waals surface area contributed by atoms with Crippen LogP contribution >= 0.6 is 0 Å². The van der Waals surface area contributed by atoms with Crippen LogP contribution in [0.4, 0.5) is 0 Å². The van der Waals surface area contributed by atoms with E-state index in [1.54, 1.807) is 24.4 Å². The smallest absolute Gasteiger partial charge is 0.211 e. The van der Waals surface area contributed by atoms with Gasteiger partial charge in [0.2, 0.25) is 5.78 Å². The lowest BCUT2D eigenvalue weighted by atomic mass is 10.1. The molecule has 19 heavy (non-hydrogen) atoms. The second-order valence-electron chi connectivity index (χ2n) is 4.42. The zero-order chi connectivity index (χ0) is 13.7. The highest BCUT2D eigenvalue weighted by Crippen LogP contribution is 2.15. The molecular weight excluding hydrogens is 238 g/mol. The second-order valence-corrected chi connectivity index (χ2v) is 4.42. The van der Waals surface area contributed by atoms with E-state index in [2.05, 4.69) is 11.9 Å². The maximum absolute atomic E-state index is 12.2. The number of hydrogen-bond donors (Lipinski definition) is 0.